The van der Waals surface area contributed by atoms with Crippen molar-refractivity contribution in [3.8, 4) is 11.1 Å². The first-order valence-corrected chi connectivity index (χ1v) is 12.6. The highest BCUT2D eigenvalue weighted by atomic mass is 19.1. The predicted octanol–water partition coefficient (Wildman–Crippen LogP) is 3.37. The van der Waals surface area contributed by atoms with Gasteiger partial charge < -0.3 is 16.0 Å². The number of hydrogen-bond acceptors (Lipinski definition) is 6. The van der Waals surface area contributed by atoms with Crippen LogP contribution in [0, 0.1) is 5.82 Å². The van der Waals surface area contributed by atoms with Crippen molar-refractivity contribution in [3.05, 3.63) is 64.0 Å². The monoisotopic (exact) mass is 518 g/mol. The molecule has 1 aromatic heterocycles. The Bertz CT molecular complexity index is 1520. The molecule has 0 fully saturated rings. The summed E-state index contributed by atoms with van der Waals surface area (Å²) >= 11 is 0. The second-order valence-corrected chi connectivity index (χ2v) is 9.22. The summed E-state index contributed by atoms with van der Waals surface area (Å²) in [6, 6.07) is 8.06. The molecular formula is C28H31FN6O3. The maximum Gasteiger partial charge on any atom is 0.261 e. The first kappa shape index (κ1) is 26.7. The number of halogens is 1. The van der Waals surface area contributed by atoms with Crippen molar-refractivity contribution in [1.29, 1.82) is 0 Å². The van der Waals surface area contributed by atoms with Gasteiger partial charge >= 0.3 is 0 Å². The second kappa shape index (κ2) is 11.4. The first-order chi connectivity index (χ1) is 18.2. The highest BCUT2D eigenvalue weighted by Crippen LogP contribution is 2.34. The van der Waals surface area contributed by atoms with E-state index in [2.05, 4.69) is 15.3 Å². The maximum atomic E-state index is 15.5. The molecule has 2 heterocycles. The number of benzene rings is 2. The van der Waals surface area contributed by atoms with Crippen LogP contribution in [0.25, 0.3) is 28.1 Å². The molecule has 9 nitrogen and oxygen atoms in total. The Hall–Kier alpha value is -4.34. The molecule has 0 unspecified atom stereocenters. The average molecular weight is 519 g/mol. The van der Waals surface area contributed by atoms with Crippen LogP contribution in [0.1, 0.15) is 38.7 Å². The number of likely N-dealkylation sites (N-methyl/N-ethyl adjacent to an activating group) is 1. The number of nitrogens with zero attached hydrogens (tertiary/aromatic N) is 4. The van der Waals surface area contributed by atoms with Gasteiger partial charge in [-0.1, -0.05) is 19.9 Å². The van der Waals surface area contributed by atoms with Gasteiger partial charge in [-0.05, 0) is 54.3 Å². The zero-order valence-corrected chi connectivity index (χ0v) is 21.8. The minimum absolute atomic E-state index is 0.133. The molecule has 0 saturated carbocycles. The quantitative estimate of drug-likeness (QED) is 0.473. The predicted molar refractivity (Wildman–Crippen MR) is 147 cm³/mol. The molecule has 0 radical (unpaired) electrons. The third kappa shape index (κ3) is 5.49. The number of aromatic nitrogens is 2. The maximum absolute atomic E-state index is 15.5. The van der Waals surface area contributed by atoms with E-state index in [0.717, 1.165) is 12.8 Å². The Morgan fingerprint density at radius 2 is 1.87 bits per heavy atom. The highest BCUT2D eigenvalue weighted by molar-refractivity contribution is 6.05. The number of hydrogen-bond donors (Lipinski definition) is 2. The molecule has 0 spiro atoms. The number of carbonyl (C=O) groups excluding carboxylic acids is 2. The van der Waals surface area contributed by atoms with Gasteiger partial charge in [-0.15, -0.1) is 0 Å². The van der Waals surface area contributed by atoms with Gasteiger partial charge in [0, 0.05) is 37.7 Å². The zero-order valence-electron chi connectivity index (χ0n) is 21.8. The lowest BCUT2D eigenvalue weighted by atomic mass is 9.99. The summed E-state index contributed by atoms with van der Waals surface area (Å²) < 4.78 is 16.7. The molecular weight excluding hydrogens is 487 g/mol. The Kier molecular flexibility index (Phi) is 7.99. The normalized spacial score (nSPS) is 12.8. The van der Waals surface area contributed by atoms with Crippen LogP contribution in [-0.2, 0) is 16.1 Å². The molecule has 2 amide bonds. The summed E-state index contributed by atoms with van der Waals surface area (Å²) in [5, 5.41) is 2.82. The molecule has 0 atom stereocenters. The van der Waals surface area contributed by atoms with Gasteiger partial charge in [0.15, 0.2) is 0 Å². The van der Waals surface area contributed by atoms with Crippen LogP contribution in [0.15, 0.2) is 52.0 Å². The van der Waals surface area contributed by atoms with Crippen molar-refractivity contribution in [2.24, 2.45) is 10.7 Å². The van der Waals surface area contributed by atoms with Crippen LogP contribution >= 0.6 is 0 Å². The molecule has 1 aliphatic rings. The third-order valence-electron chi connectivity index (χ3n) is 6.36. The molecule has 3 N–H and O–H groups in total. The summed E-state index contributed by atoms with van der Waals surface area (Å²) in [7, 11) is 1.49. The molecule has 3 aromatic rings. The number of nitrogens with one attached hydrogen (secondary N) is 1. The number of amidine groups is 1. The third-order valence-corrected chi connectivity index (χ3v) is 6.36. The van der Waals surface area contributed by atoms with E-state index < -0.39 is 5.82 Å². The van der Waals surface area contributed by atoms with Crippen molar-refractivity contribution in [3.63, 3.8) is 0 Å². The largest absolute Gasteiger partial charge is 0.387 e. The molecule has 4 rings (SSSR count). The standard InChI is InChI=1S/C28H31FN6O3/c1-4-8-34(9-5-2)27(37)19-10-21-22(29)11-18(13-24(21)33-25(30)14-19)17-6-7-20-23(12-17)32-16-35(28(20)38)15-26(36)31-3/h6-7,10-13,16H,4-5,8-9,14-15H2,1-3H3,(H2,30,33)(H,31,36). The lowest BCUT2D eigenvalue weighted by molar-refractivity contribution is -0.127. The summed E-state index contributed by atoms with van der Waals surface area (Å²) in [5.74, 6) is -0.782. The van der Waals surface area contributed by atoms with E-state index in [1.165, 1.54) is 24.0 Å². The van der Waals surface area contributed by atoms with Gasteiger partial charge in [-0.25, -0.2) is 14.4 Å². The minimum atomic E-state index is -0.534. The van der Waals surface area contributed by atoms with Gasteiger partial charge in [0.2, 0.25) is 11.8 Å². The molecule has 10 heteroatoms. The summed E-state index contributed by atoms with van der Waals surface area (Å²) in [5.41, 5.74) is 8.32. The smallest absolute Gasteiger partial charge is 0.261 e. The van der Waals surface area contributed by atoms with Gasteiger partial charge in [0.05, 0.1) is 22.9 Å². The minimum Gasteiger partial charge on any atom is -0.387 e. The fraction of sp³-hybridized carbons (Fsp3) is 0.321. The second-order valence-electron chi connectivity index (χ2n) is 9.22. The van der Waals surface area contributed by atoms with E-state index in [4.69, 9.17) is 5.73 Å². The summed E-state index contributed by atoms with van der Waals surface area (Å²) in [6.07, 6.45) is 4.64. The van der Waals surface area contributed by atoms with E-state index >= 15 is 4.39 Å². The summed E-state index contributed by atoms with van der Waals surface area (Å²) in [6.45, 7) is 5.10. The van der Waals surface area contributed by atoms with Gasteiger partial charge in [-0.3, -0.25) is 19.0 Å². The molecule has 38 heavy (non-hydrogen) atoms. The number of carbonyl (C=O) groups is 2. The number of amides is 2. The van der Waals surface area contributed by atoms with Crippen molar-refractivity contribution in [1.82, 2.24) is 19.8 Å². The van der Waals surface area contributed by atoms with Crippen LogP contribution in [0.5, 0.6) is 0 Å². The Morgan fingerprint density at radius 1 is 1.13 bits per heavy atom. The molecule has 1 aliphatic heterocycles. The van der Waals surface area contributed by atoms with Crippen molar-refractivity contribution < 1.29 is 14.0 Å². The fourth-order valence-corrected chi connectivity index (χ4v) is 4.50. The Labute approximate surface area is 219 Å². The van der Waals surface area contributed by atoms with Crippen LogP contribution in [0.3, 0.4) is 0 Å². The van der Waals surface area contributed by atoms with Gasteiger partial charge in [0.1, 0.15) is 18.2 Å². The van der Waals surface area contributed by atoms with Gasteiger partial charge in [0.25, 0.3) is 5.56 Å². The lowest BCUT2D eigenvalue weighted by Crippen LogP contribution is -2.34. The van der Waals surface area contributed by atoms with E-state index in [9.17, 15) is 14.4 Å². The molecule has 0 aliphatic carbocycles. The van der Waals surface area contributed by atoms with Gasteiger partial charge in [-0.2, -0.15) is 0 Å². The van der Waals surface area contributed by atoms with Crippen molar-refractivity contribution in [2.45, 2.75) is 39.7 Å². The number of nitrogens with two attached hydrogens (primary N) is 1. The van der Waals surface area contributed by atoms with E-state index in [1.54, 1.807) is 35.2 Å². The Balaban J connectivity index is 1.73. The van der Waals surface area contributed by atoms with Crippen LogP contribution in [0.2, 0.25) is 0 Å². The molecule has 0 saturated heterocycles. The highest BCUT2D eigenvalue weighted by Gasteiger charge is 2.23. The average Bonchev–Trinajstić information content (AvgIpc) is 3.07. The van der Waals surface area contributed by atoms with E-state index in [-0.39, 0.29) is 41.7 Å². The number of fused-ring (bicyclic) bond motifs is 2. The SMILES string of the molecule is CCCN(CCC)C(=O)C1=Cc2c(F)cc(-c3ccc4c(=O)n(CC(=O)NC)cnc4c3)cc2N=C(N)C1. The Morgan fingerprint density at radius 3 is 2.55 bits per heavy atom. The molecule has 0 bridgehead atoms. The topological polar surface area (TPSA) is 123 Å². The van der Waals surface area contributed by atoms with E-state index in [1.807, 2.05) is 13.8 Å². The molecule has 198 valence electrons. The number of aliphatic imine (C=N–C) groups is 1. The van der Waals surface area contributed by atoms with Crippen LogP contribution in [0.4, 0.5) is 10.1 Å². The van der Waals surface area contributed by atoms with E-state index in [0.29, 0.717) is 46.4 Å². The molecule has 2 aromatic carbocycles. The lowest BCUT2D eigenvalue weighted by Gasteiger charge is -2.22. The first-order valence-electron chi connectivity index (χ1n) is 12.6. The van der Waals surface area contributed by atoms with Crippen molar-refractivity contribution in [2.75, 3.05) is 20.1 Å². The van der Waals surface area contributed by atoms with Crippen molar-refractivity contribution >= 4 is 40.3 Å². The number of rotatable bonds is 8. The summed E-state index contributed by atoms with van der Waals surface area (Å²) in [4.78, 5) is 48.2. The zero-order chi connectivity index (χ0) is 27.4. The van der Waals surface area contributed by atoms with Crippen LogP contribution in [-0.4, -0.2) is 52.2 Å². The van der Waals surface area contributed by atoms with Crippen LogP contribution < -0.4 is 16.6 Å². The fourth-order valence-electron chi connectivity index (χ4n) is 4.50.